The Hall–Kier alpha value is -3.32. The summed E-state index contributed by atoms with van der Waals surface area (Å²) in [5.41, 5.74) is 2.30. The van der Waals surface area contributed by atoms with Crippen LogP contribution in [0.3, 0.4) is 0 Å². The summed E-state index contributed by atoms with van der Waals surface area (Å²) in [5.74, 6) is -0.271. The molecule has 2 N–H and O–H groups in total. The Morgan fingerprint density at radius 1 is 1.19 bits per heavy atom. The molecule has 2 heterocycles. The fraction of sp³-hybridized carbons (Fsp3) is 0.100. The van der Waals surface area contributed by atoms with Gasteiger partial charge in [0.2, 0.25) is 0 Å². The van der Waals surface area contributed by atoms with Crippen LogP contribution in [0, 0.1) is 4.77 Å². The van der Waals surface area contributed by atoms with Crippen molar-refractivity contribution in [3.05, 3.63) is 75.4 Å². The summed E-state index contributed by atoms with van der Waals surface area (Å²) in [4.78, 5) is 32.5. The Kier molecular flexibility index (Phi) is 4.29. The van der Waals surface area contributed by atoms with Gasteiger partial charge in [0.1, 0.15) is 0 Å². The SMILES string of the molecule is CCn1c(=S)[nH]c2cc(C(=O)Nc3cccc4ncccc34)ccc2c1=O. The van der Waals surface area contributed by atoms with Crippen molar-refractivity contribution in [2.75, 3.05) is 5.32 Å². The average molecular weight is 376 g/mol. The van der Waals surface area contributed by atoms with Gasteiger partial charge < -0.3 is 10.3 Å². The van der Waals surface area contributed by atoms with E-state index in [0.29, 0.717) is 33.5 Å². The number of amides is 1. The van der Waals surface area contributed by atoms with Gasteiger partial charge in [0.15, 0.2) is 4.77 Å². The Balaban J connectivity index is 1.75. The first kappa shape index (κ1) is 17.1. The van der Waals surface area contributed by atoms with E-state index in [4.69, 9.17) is 12.2 Å². The molecule has 4 rings (SSSR count). The van der Waals surface area contributed by atoms with Gasteiger partial charge in [-0.3, -0.25) is 19.1 Å². The molecule has 0 spiro atoms. The third-order valence-electron chi connectivity index (χ3n) is 4.45. The molecule has 6 nitrogen and oxygen atoms in total. The highest BCUT2D eigenvalue weighted by Crippen LogP contribution is 2.22. The maximum Gasteiger partial charge on any atom is 0.262 e. The molecule has 0 aliphatic carbocycles. The molecule has 4 aromatic rings. The molecule has 27 heavy (non-hydrogen) atoms. The number of nitrogens with zero attached hydrogens (tertiary/aromatic N) is 2. The van der Waals surface area contributed by atoms with Crippen molar-refractivity contribution >= 4 is 45.6 Å². The number of carbonyl (C=O) groups is 1. The van der Waals surface area contributed by atoms with Gasteiger partial charge in [-0.15, -0.1) is 0 Å². The molecule has 0 radical (unpaired) electrons. The minimum atomic E-state index is -0.271. The minimum absolute atomic E-state index is 0.164. The van der Waals surface area contributed by atoms with Crippen molar-refractivity contribution in [3.8, 4) is 0 Å². The first-order valence-electron chi connectivity index (χ1n) is 8.50. The topological polar surface area (TPSA) is 79.8 Å². The van der Waals surface area contributed by atoms with E-state index in [9.17, 15) is 9.59 Å². The van der Waals surface area contributed by atoms with Crippen molar-refractivity contribution < 1.29 is 4.79 Å². The highest BCUT2D eigenvalue weighted by molar-refractivity contribution is 7.71. The van der Waals surface area contributed by atoms with Crippen LogP contribution in [0.4, 0.5) is 5.69 Å². The molecule has 0 unspecified atom stereocenters. The highest BCUT2D eigenvalue weighted by Gasteiger charge is 2.11. The predicted octanol–water partition coefficient (Wildman–Crippen LogP) is 3.88. The lowest BCUT2D eigenvalue weighted by atomic mass is 10.1. The fourth-order valence-corrected chi connectivity index (χ4v) is 3.41. The summed E-state index contributed by atoms with van der Waals surface area (Å²) in [6.45, 7) is 2.35. The normalized spacial score (nSPS) is 11.0. The van der Waals surface area contributed by atoms with Crippen molar-refractivity contribution in [2.24, 2.45) is 0 Å². The Labute approximate surface area is 159 Å². The number of nitrogens with one attached hydrogen (secondary N) is 2. The molecular formula is C20H16N4O2S. The lowest BCUT2D eigenvalue weighted by Crippen LogP contribution is -2.21. The zero-order valence-electron chi connectivity index (χ0n) is 14.5. The molecule has 0 fully saturated rings. The van der Waals surface area contributed by atoms with Gasteiger partial charge in [-0.1, -0.05) is 6.07 Å². The molecule has 0 bridgehead atoms. The van der Waals surface area contributed by atoms with Crippen LogP contribution < -0.4 is 10.9 Å². The lowest BCUT2D eigenvalue weighted by molar-refractivity contribution is 0.102. The number of fused-ring (bicyclic) bond motifs is 2. The minimum Gasteiger partial charge on any atom is -0.332 e. The molecule has 134 valence electrons. The zero-order chi connectivity index (χ0) is 19.0. The van der Waals surface area contributed by atoms with Crippen LogP contribution in [0.25, 0.3) is 21.8 Å². The van der Waals surface area contributed by atoms with Crippen LogP contribution in [-0.4, -0.2) is 20.4 Å². The molecule has 7 heteroatoms. The lowest BCUT2D eigenvalue weighted by Gasteiger charge is -2.10. The Morgan fingerprint density at radius 2 is 2.04 bits per heavy atom. The smallest absolute Gasteiger partial charge is 0.262 e. The van der Waals surface area contributed by atoms with E-state index >= 15 is 0 Å². The van der Waals surface area contributed by atoms with E-state index in [1.807, 2.05) is 37.3 Å². The first-order valence-corrected chi connectivity index (χ1v) is 8.91. The molecule has 0 atom stereocenters. The zero-order valence-corrected chi connectivity index (χ0v) is 15.3. The van der Waals surface area contributed by atoms with E-state index in [1.165, 1.54) is 4.57 Å². The Bertz CT molecular complexity index is 1300. The third kappa shape index (κ3) is 3.02. The van der Waals surface area contributed by atoms with Gasteiger partial charge in [-0.2, -0.15) is 0 Å². The summed E-state index contributed by atoms with van der Waals surface area (Å²) in [6.07, 6.45) is 1.71. The largest absolute Gasteiger partial charge is 0.332 e. The van der Waals surface area contributed by atoms with Crippen LogP contribution in [0.2, 0.25) is 0 Å². The number of aromatic amines is 1. The van der Waals surface area contributed by atoms with Crippen LogP contribution in [0.5, 0.6) is 0 Å². The second kappa shape index (κ2) is 6.77. The van der Waals surface area contributed by atoms with E-state index in [-0.39, 0.29) is 11.5 Å². The van der Waals surface area contributed by atoms with E-state index in [2.05, 4.69) is 15.3 Å². The standard InChI is InChI=1S/C20H16N4O2S/c1-2-24-19(26)14-9-8-12(11-17(14)23-20(24)27)18(25)22-16-7-3-6-15-13(16)5-4-10-21-15/h3-11H,2H2,1H3,(H,22,25)(H,23,27). The average Bonchev–Trinajstić information content (AvgIpc) is 2.68. The highest BCUT2D eigenvalue weighted by atomic mass is 32.1. The van der Waals surface area contributed by atoms with Crippen LogP contribution in [0.15, 0.2) is 59.5 Å². The van der Waals surface area contributed by atoms with Gasteiger partial charge in [-0.25, -0.2) is 0 Å². The quantitative estimate of drug-likeness (QED) is 0.532. The maximum atomic E-state index is 12.7. The number of hydrogen-bond acceptors (Lipinski definition) is 4. The van der Waals surface area contributed by atoms with Crippen LogP contribution >= 0.6 is 12.2 Å². The van der Waals surface area contributed by atoms with Gasteiger partial charge in [0, 0.05) is 23.7 Å². The number of H-pyrrole nitrogens is 1. The molecule has 0 saturated carbocycles. The third-order valence-corrected chi connectivity index (χ3v) is 4.78. The van der Waals surface area contributed by atoms with Crippen LogP contribution in [0.1, 0.15) is 17.3 Å². The molecule has 0 aliphatic heterocycles. The van der Waals surface area contributed by atoms with Crippen molar-refractivity contribution in [1.29, 1.82) is 0 Å². The van der Waals surface area contributed by atoms with E-state index in [0.717, 1.165) is 10.9 Å². The summed E-state index contributed by atoms with van der Waals surface area (Å²) < 4.78 is 1.83. The predicted molar refractivity (Wildman–Crippen MR) is 109 cm³/mol. The molecular weight excluding hydrogens is 360 g/mol. The number of pyridine rings is 1. The number of aromatic nitrogens is 3. The fourth-order valence-electron chi connectivity index (χ4n) is 3.09. The summed E-state index contributed by atoms with van der Waals surface area (Å²) in [6, 6.07) is 14.2. The molecule has 2 aromatic heterocycles. The van der Waals surface area contributed by atoms with E-state index < -0.39 is 0 Å². The number of rotatable bonds is 3. The second-order valence-corrected chi connectivity index (χ2v) is 6.46. The van der Waals surface area contributed by atoms with Crippen molar-refractivity contribution in [2.45, 2.75) is 13.5 Å². The maximum absolute atomic E-state index is 12.7. The number of benzene rings is 2. The summed E-state index contributed by atoms with van der Waals surface area (Å²) in [7, 11) is 0. The molecule has 1 amide bonds. The monoisotopic (exact) mass is 376 g/mol. The van der Waals surface area contributed by atoms with Crippen molar-refractivity contribution in [1.82, 2.24) is 14.5 Å². The van der Waals surface area contributed by atoms with Crippen molar-refractivity contribution in [3.63, 3.8) is 0 Å². The van der Waals surface area contributed by atoms with E-state index in [1.54, 1.807) is 24.4 Å². The van der Waals surface area contributed by atoms with Gasteiger partial charge in [0.25, 0.3) is 11.5 Å². The van der Waals surface area contributed by atoms with Gasteiger partial charge in [0.05, 0.1) is 22.1 Å². The Morgan fingerprint density at radius 3 is 2.85 bits per heavy atom. The van der Waals surface area contributed by atoms with Gasteiger partial charge in [-0.05, 0) is 61.6 Å². The number of anilines is 1. The second-order valence-electron chi connectivity index (χ2n) is 6.07. The first-order chi connectivity index (χ1) is 13.1. The molecule has 2 aromatic carbocycles. The number of carbonyl (C=O) groups excluding carboxylic acids is 1. The molecule has 0 aliphatic rings. The number of hydrogen-bond donors (Lipinski definition) is 2. The summed E-state index contributed by atoms with van der Waals surface area (Å²) in [5, 5.41) is 4.27. The van der Waals surface area contributed by atoms with Gasteiger partial charge >= 0.3 is 0 Å². The summed E-state index contributed by atoms with van der Waals surface area (Å²) >= 11 is 5.23. The molecule has 0 saturated heterocycles. The van der Waals surface area contributed by atoms with Crippen LogP contribution in [-0.2, 0) is 6.54 Å².